The monoisotopic (exact) mass is 420 g/mol. The lowest BCUT2D eigenvalue weighted by molar-refractivity contribution is -0.137. The van der Waals surface area contributed by atoms with Crippen LogP contribution in [0.3, 0.4) is 0 Å². The molecular weight excluding hydrogens is 401 g/mol. The highest BCUT2D eigenvalue weighted by Crippen LogP contribution is 2.29. The van der Waals surface area contributed by atoms with Gasteiger partial charge in [-0.1, -0.05) is 35.5 Å². The number of para-hydroxylation sites is 1. The van der Waals surface area contributed by atoms with Crippen LogP contribution in [0.25, 0.3) is 0 Å². The van der Waals surface area contributed by atoms with Crippen molar-refractivity contribution in [2.24, 2.45) is 12.2 Å². The minimum Gasteiger partial charge on any atom is -0.467 e. The zero-order valence-electron chi connectivity index (χ0n) is 16.5. The van der Waals surface area contributed by atoms with Crippen LogP contribution >= 0.6 is 0 Å². The van der Waals surface area contributed by atoms with Gasteiger partial charge in [-0.15, -0.1) is 5.10 Å². The molecule has 0 N–H and O–H groups in total. The van der Waals surface area contributed by atoms with Gasteiger partial charge in [0.1, 0.15) is 0 Å². The average Bonchev–Trinajstić information content (AvgIpc) is 3.00. The molecule has 0 saturated carbocycles. The van der Waals surface area contributed by atoms with E-state index in [1.54, 1.807) is 31.2 Å². The Kier molecular flexibility index (Phi) is 5.95. The molecule has 2 aromatic carbocycles. The minimum atomic E-state index is -4.44. The molecule has 1 heterocycles. The van der Waals surface area contributed by atoms with Gasteiger partial charge in [0.05, 0.1) is 24.9 Å². The van der Waals surface area contributed by atoms with Gasteiger partial charge in [-0.2, -0.15) is 13.2 Å². The van der Waals surface area contributed by atoms with Crippen molar-refractivity contribution in [3.63, 3.8) is 0 Å². The van der Waals surface area contributed by atoms with E-state index >= 15 is 0 Å². The highest BCUT2D eigenvalue weighted by Gasteiger charge is 2.30. The number of ether oxygens (including phenoxy) is 1. The van der Waals surface area contributed by atoms with Crippen molar-refractivity contribution in [1.82, 2.24) is 14.3 Å². The molecular formula is C20H19F3N4O3. The molecule has 0 amide bonds. The molecule has 0 bridgehead atoms. The third-order valence-electron chi connectivity index (χ3n) is 4.35. The summed E-state index contributed by atoms with van der Waals surface area (Å²) in [6.45, 7) is 1.66. The van der Waals surface area contributed by atoms with Crippen molar-refractivity contribution < 1.29 is 22.7 Å². The van der Waals surface area contributed by atoms with Crippen molar-refractivity contribution in [3.8, 4) is 11.8 Å². The van der Waals surface area contributed by atoms with Crippen LogP contribution in [-0.4, -0.2) is 27.2 Å². The number of halogens is 3. The van der Waals surface area contributed by atoms with Crippen LogP contribution in [0.4, 0.5) is 13.2 Å². The Balaban J connectivity index is 1.86. The number of methoxy groups -OCH3 is 1. The molecule has 3 aromatic rings. The molecule has 0 aliphatic rings. The fourth-order valence-corrected chi connectivity index (χ4v) is 2.75. The zero-order chi connectivity index (χ0) is 21.9. The van der Waals surface area contributed by atoms with Crippen molar-refractivity contribution in [1.29, 1.82) is 0 Å². The van der Waals surface area contributed by atoms with E-state index in [1.807, 2.05) is 0 Å². The molecule has 0 fully saturated rings. The maximum Gasteiger partial charge on any atom is 0.416 e. The number of rotatable bonds is 6. The number of nitrogens with zero attached hydrogens (tertiary/aromatic N) is 4. The lowest BCUT2D eigenvalue weighted by atomic mass is 10.1. The first-order valence-electron chi connectivity index (χ1n) is 8.85. The molecule has 0 saturated heterocycles. The summed E-state index contributed by atoms with van der Waals surface area (Å²) in [6.07, 6.45) is -4.44. The van der Waals surface area contributed by atoms with Crippen LogP contribution in [0.2, 0.25) is 0 Å². The number of aryl methyl sites for hydroxylation is 1. The Morgan fingerprint density at radius 1 is 1.17 bits per heavy atom. The summed E-state index contributed by atoms with van der Waals surface area (Å²) < 4.78 is 46.4. The first kappa shape index (κ1) is 21.2. The Morgan fingerprint density at radius 3 is 2.60 bits per heavy atom. The van der Waals surface area contributed by atoms with E-state index in [2.05, 4.69) is 10.3 Å². The Morgan fingerprint density at radius 2 is 1.90 bits per heavy atom. The van der Waals surface area contributed by atoms with Crippen LogP contribution in [0.1, 0.15) is 23.6 Å². The van der Waals surface area contributed by atoms with Gasteiger partial charge in [0.25, 0.3) is 0 Å². The van der Waals surface area contributed by atoms with Gasteiger partial charge in [-0.25, -0.2) is 14.0 Å². The van der Waals surface area contributed by atoms with E-state index in [4.69, 9.17) is 9.57 Å². The van der Waals surface area contributed by atoms with E-state index in [9.17, 15) is 18.0 Å². The summed E-state index contributed by atoms with van der Waals surface area (Å²) in [6, 6.07) is 11.8. The van der Waals surface area contributed by atoms with Crippen molar-refractivity contribution in [2.45, 2.75) is 19.6 Å². The highest BCUT2D eigenvalue weighted by atomic mass is 19.4. The second-order valence-electron chi connectivity index (χ2n) is 6.43. The predicted octanol–water partition coefficient (Wildman–Crippen LogP) is 3.46. The SMILES string of the molecule is COc1nn(C)c(=O)n1Cc1ccccc1ON=C(C)c1cccc(C(F)(F)F)c1. The summed E-state index contributed by atoms with van der Waals surface area (Å²) >= 11 is 0. The molecule has 7 nitrogen and oxygen atoms in total. The predicted molar refractivity (Wildman–Crippen MR) is 104 cm³/mol. The molecule has 0 aliphatic heterocycles. The summed E-state index contributed by atoms with van der Waals surface area (Å²) in [4.78, 5) is 17.7. The minimum absolute atomic E-state index is 0.115. The quantitative estimate of drug-likeness (QED) is 0.452. The molecule has 0 spiro atoms. The van der Waals surface area contributed by atoms with Crippen LogP contribution in [0.5, 0.6) is 11.8 Å². The average molecular weight is 420 g/mol. The fourth-order valence-electron chi connectivity index (χ4n) is 2.75. The molecule has 0 atom stereocenters. The van der Waals surface area contributed by atoms with E-state index in [-0.39, 0.29) is 29.5 Å². The molecule has 1 aromatic heterocycles. The number of alkyl halides is 3. The number of hydrogen-bond acceptors (Lipinski definition) is 5. The third-order valence-corrected chi connectivity index (χ3v) is 4.35. The van der Waals surface area contributed by atoms with Crippen molar-refractivity contribution >= 4 is 5.71 Å². The maximum absolute atomic E-state index is 12.9. The Bertz CT molecular complexity index is 1130. The van der Waals surface area contributed by atoms with Gasteiger partial charge >= 0.3 is 17.9 Å². The van der Waals surface area contributed by atoms with Gasteiger partial charge in [-0.05, 0) is 30.7 Å². The molecule has 30 heavy (non-hydrogen) atoms. The summed E-state index contributed by atoms with van der Waals surface area (Å²) in [5.74, 6) is 0.349. The van der Waals surface area contributed by atoms with Gasteiger partial charge in [0.15, 0.2) is 5.75 Å². The number of hydrogen-bond donors (Lipinski definition) is 0. The summed E-state index contributed by atoms with van der Waals surface area (Å²) in [5, 5.41) is 7.95. The second kappa shape index (κ2) is 8.44. The third kappa shape index (κ3) is 4.53. The lowest BCUT2D eigenvalue weighted by Crippen LogP contribution is -2.23. The maximum atomic E-state index is 12.9. The Labute approximate surface area is 170 Å². The van der Waals surface area contributed by atoms with E-state index in [0.29, 0.717) is 11.3 Å². The van der Waals surface area contributed by atoms with E-state index < -0.39 is 11.7 Å². The standard InChI is InChI=1S/C20H19F3N4O3/c1-13(14-8-6-9-16(11-14)20(21,22)23)25-30-17-10-5-4-7-15(17)12-27-18(29-3)24-26(2)19(27)28/h4-11H,12H2,1-3H3. The summed E-state index contributed by atoms with van der Waals surface area (Å²) in [7, 11) is 2.91. The van der Waals surface area contributed by atoms with Crippen molar-refractivity contribution in [3.05, 3.63) is 75.7 Å². The second-order valence-corrected chi connectivity index (χ2v) is 6.43. The number of aromatic nitrogens is 3. The lowest BCUT2D eigenvalue weighted by Gasteiger charge is -2.10. The molecule has 0 aliphatic carbocycles. The normalized spacial score (nSPS) is 12.1. The molecule has 0 radical (unpaired) electrons. The van der Waals surface area contributed by atoms with Gasteiger partial charge in [0.2, 0.25) is 0 Å². The van der Waals surface area contributed by atoms with Crippen LogP contribution < -0.4 is 15.3 Å². The van der Waals surface area contributed by atoms with Crippen LogP contribution in [0.15, 0.2) is 58.5 Å². The largest absolute Gasteiger partial charge is 0.467 e. The molecule has 158 valence electrons. The number of benzene rings is 2. The first-order valence-corrected chi connectivity index (χ1v) is 8.85. The van der Waals surface area contributed by atoms with Gasteiger partial charge in [-0.3, -0.25) is 0 Å². The molecule has 3 rings (SSSR count). The van der Waals surface area contributed by atoms with Crippen molar-refractivity contribution in [2.75, 3.05) is 7.11 Å². The first-order chi connectivity index (χ1) is 14.2. The van der Waals surface area contributed by atoms with E-state index in [0.717, 1.165) is 16.8 Å². The molecule has 0 unspecified atom stereocenters. The van der Waals surface area contributed by atoms with Gasteiger partial charge in [0, 0.05) is 12.6 Å². The highest BCUT2D eigenvalue weighted by molar-refractivity contribution is 5.98. The fraction of sp³-hybridized carbons (Fsp3) is 0.250. The van der Waals surface area contributed by atoms with Crippen LogP contribution in [-0.2, 0) is 19.8 Å². The van der Waals surface area contributed by atoms with Gasteiger partial charge < -0.3 is 9.57 Å². The Hall–Kier alpha value is -3.56. The topological polar surface area (TPSA) is 70.6 Å². The van der Waals surface area contributed by atoms with Crippen LogP contribution in [0, 0.1) is 0 Å². The molecule has 10 heteroatoms. The van der Waals surface area contributed by atoms with E-state index in [1.165, 1.54) is 30.9 Å². The summed E-state index contributed by atoms with van der Waals surface area (Å²) in [5.41, 5.74) is 0.0364. The smallest absolute Gasteiger partial charge is 0.416 e. The number of oxime groups is 1. The zero-order valence-corrected chi connectivity index (χ0v) is 16.5.